The first-order valence-electron chi connectivity index (χ1n) is 7.12. The highest BCUT2D eigenvalue weighted by atomic mass is 19.2. The predicted octanol–water partition coefficient (Wildman–Crippen LogP) is 3.10. The number of nitrogens with zero attached hydrogens (tertiary/aromatic N) is 2. The first-order valence-corrected chi connectivity index (χ1v) is 7.12. The van der Waals surface area contributed by atoms with E-state index >= 15 is 0 Å². The fraction of sp³-hybridized carbons (Fsp3) is 0.375. The SMILES string of the molecule is CCN(C)C(=O)C(C)Nc1cc(C)nc2c(F)c(F)ccc12. The van der Waals surface area contributed by atoms with Crippen LogP contribution in [0.2, 0.25) is 0 Å². The van der Waals surface area contributed by atoms with E-state index in [9.17, 15) is 13.6 Å². The van der Waals surface area contributed by atoms with Gasteiger partial charge in [0.15, 0.2) is 11.6 Å². The summed E-state index contributed by atoms with van der Waals surface area (Å²) >= 11 is 0. The van der Waals surface area contributed by atoms with Crippen molar-refractivity contribution < 1.29 is 13.6 Å². The number of pyridine rings is 1. The van der Waals surface area contributed by atoms with E-state index in [2.05, 4.69) is 10.3 Å². The number of carbonyl (C=O) groups excluding carboxylic acids is 1. The van der Waals surface area contributed by atoms with Gasteiger partial charge in [0.25, 0.3) is 0 Å². The summed E-state index contributed by atoms with van der Waals surface area (Å²) in [6.07, 6.45) is 0. The molecular formula is C16H19F2N3O. The molecule has 6 heteroatoms. The van der Waals surface area contributed by atoms with Crippen LogP contribution in [0.1, 0.15) is 19.5 Å². The molecule has 0 bridgehead atoms. The van der Waals surface area contributed by atoms with Gasteiger partial charge >= 0.3 is 0 Å². The lowest BCUT2D eigenvalue weighted by Gasteiger charge is -2.22. The van der Waals surface area contributed by atoms with Gasteiger partial charge in [0, 0.05) is 30.4 Å². The molecule has 1 unspecified atom stereocenters. The van der Waals surface area contributed by atoms with Gasteiger partial charge < -0.3 is 10.2 Å². The summed E-state index contributed by atoms with van der Waals surface area (Å²) in [5, 5.41) is 3.51. The van der Waals surface area contributed by atoms with Crippen LogP contribution in [0.5, 0.6) is 0 Å². The molecule has 0 aliphatic rings. The van der Waals surface area contributed by atoms with Gasteiger partial charge in [0.1, 0.15) is 11.6 Å². The normalized spacial score (nSPS) is 12.3. The van der Waals surface area contributed by atoms with E-state index in [4.69, 9.17) is 0 Å². The maximum atomic E-state index is 13.9. The quantitative estimate of drug-likeness (QED) is 0.944. The van der Waals surface area contributed by atoms with Crippen molar-refractivity contribution in [3.8, 4) is 0 Å². The Balaban J connectivity index is 2.43. The first kappa shape index (κ1) is 16.1. The lowest BCUT2D eigenvalue weighted by molar-refractivity contribution is -0.130. The summed E-state index contributed by atoms with van der Waals surface area (Å²) in [4.78, 5) is 17.8. The van der Waals surface area contributed by atoms with Crippen LogP contribution >= 0.6 is 0 Å². The zero-order valence-electron chi connectivity index (χ0n) is 13.1. The van der Waals surface area contributed by atoms with E-state index < -0.39 is 17.7 Å². The molecule has 0 saturated heterocycles. The number of amides is 1. The van der Waals surface area contributed by atoms with Gasteiger partial charge in [0.05, 0.1) is 0 Å². The molecule has 1 atom stereocenters. The molecule has 1 aromatic heterocycles. The second-order valence-corrected chi connectivity index (χ2v) is 5.29. The number of carbonyl (C=O) groups is 1. The number of likely N-dealkylation sites (N-methyl/N-ethyl adjacent to an activating group) is 1. The topological polar surface area (TPSA) is 45.2 Å². The van der Waals surface area contributed by atoms with Crippen molar-refractivity contribution in [3.05, 3.63) is 35.5 Å². The number of fused-ring (bicyclic) bond motifs is 1. The zero-order valence-corrected chi connectivity index (χ0v) is 13.1. The van der Waals surface area contributed by atoms with Crippen LogP contribution in [-0.4, -0.2) is 35.4 Å². The monoisotopic (exact) mass is 307 g/mol. The molecule has 1 heterocycles. The Morgan fingerprint density at radius 2 is 2.09 bits per heavy atom. The largest absolute Gasteiger partial charge is 0.373 e. The minimum atomic E-state index is -0.978. The Morgan fingerprint density at radius 3 is 2.73 bits per heavy atom. The summed E-state index contributed by atoms with van der Waals surface area (Å²) in [5.41, 5.74) is 1.07. The maximum Gasteiger partial charge on any atom is 0.244 e. The lowest BCUT2D eigenvalue weighted by atomic mass is 10.1. The third-order valence-electron chi connectivity index (χ3n) is 3.59. The summed E-state index contributed by atoms with van der Waals surface area (Å²) in [6.45, 7) is 5.91. The molecule has 4 nitrogen and oxygen atoms in total. The predicted molar refractivity (Wildman–Crippen MR) is 82.8 cm³/mol. The summed E-state index contributed by atoms with van der Waals surface area (Å²) < 4.78 is 27.3. The Labute approximate surface area is 128 Å². The second kappa shape index (κ2) is 6.25. The average molecular weight is 307 g/mol. The number of aryl methyl sites for hydroxylation is 1. The van der Waals surface area contributed by atoms with Crippen molar-refractivity contribution >= 4 is 22.5 Å². The van der Waals surface area contributed by atoms with Crippen LogP contribution < -0.4 is 5.32 Å². The van der Waals surface area contributed by atoms with Gasteiger partial charge in [-0.3, -0.25) is 4.79 Å². The van der Waals surface area contributed by atoms with Crippen molar-refractivity contribution in [2.45, 2.75) is 26.8 Å². The number of anilines is 1. The zero-order chi connectivity index (χ0) is 16.4. The molecule has 22 heavy (non-hydrogen) atoms. The Morgan fingerprint density at radius 1 is 1.41 bits per heavy atom. The van der Waals surface area contributed by atoms with E-state index in [0.717, 1.165) is 6.07 Å². The smallest absolute Gasteiger partial charge is 0.244 e. The molecule has 0 fully saturated rings. The summed E-state index contributed by atoms with van der Waals surface area (Å²) in [6, 6.07) is 3.76. The van der Waals surface area contributed by atoms with Gasteiger partial charge in [-0.2, -0.15) is 0 Å². The lowest BCUT2D eigenvalue weighted by Crippen LogP contribution is -2.38. The van der Waals surface area contributed by atoms with Gasteiger partial charge in [-0.05, 0) is 39.0 Å². The number of hydrogen-bond donors (Lipinski definition) is 1. The van der Waals surface area contributed by atoms with E-state index in [0.29, 0.717) is 23.3 Å². The standard InChI is InChI=1S/C16H19F2N3O/c1-5-21(4)16(22)10(3)20-13-8-9(2)19-15-11(13)6-7-12(17)14(15)18/h6-8,10H,5H2,1-4H3,(H,19,20). The highest BCUT2D eigenvalue weighted by Gasteiger charge is 2.18. The van der Waals surface area contributed by atoms with E-state index in [-0.39, 0.29) is 11.4 Å². The highest BCUT2D eigenvalue weighted by molar-refractivity contribution is 5.94. The first-order chi connectivity index (χ1) is 10.3. The Bertz CT molecular complexity index is 718. The van der Waals surface area contributed by atoms with Crippen LogP contribution in [0.3, 0.4) is 0 Å². The third kappa shape index (κ3) is 3.00. The van der Waals surface area contributed by atoms with Gasteiger partial charge in [-0.15, -0.1) is 0 Å². The molecule has 0 aliphatic carbocycles. The molecule has 0 radical (unpaired) electrons. The third-order valence-corrected chi connectivity index (χ3v) is 3.59. The molecular weight excluding hydrogens is 288 g/mol. The van der Waals surface area contributed by atoms with Crippen LogP contribution in [0.25, 0.3) is 10.9 Å². The Hall–Kier alpha value is -2.24. The van der Waals surface area contributed by atoms with Gasteiger partial charge in [-0.25, -0.2) is 13.8 Å². The van der Waals surface area contributed by atoms with Gasteiger partial charge in [0.2, 0.25) is 5.91 Å². The Kier molecular flexibility index (Phi) is 4.59. The number of hydrogen-bond acceptors (Lipinski definition) is 3. The number of rotatable bonds is 4. The van der Waals surface area contributed by atoms with E-state index in [1.54, 1.807) is 31.9 Å². The fourth-order valence-corrected chi connectivity index (χ4v) is 2.26. The number of aromatic nitrogens is 1. The molecule has 2 rings (SSSR count). The molecule has 2 aromatic rings. The molecule has 0 aliphatic heterocycles. The van der Waals surface area contributed by atoms with Crippen molar-refractivity contribution in [2.75, 3.05) is 18.9 Å². The molecule has 0 saturated carbocycles. The summed E-state index contributed by atoms with van der Waals surface area (Å²) in [5.74, 6) is -1.99. The number of halogens is 2. The molecule has 1 aromatic carbocycles. The van der Waals surface area contributed by atoms with Crippen molar-refractivity contribution in [1.82, 2.24) is 9.88 Å². The van der Waals surface area contributed by atoms with Crippen LogP contribution in [0.15, 0.2) is 18.2 Å². The van der Waals surface area contributed by atoms with Crippen molar-refractivity contribution in [1.29, 1.82) is 0 Å². The molecule has 1 amide bonds. The second-order valence-electron chi connectivity index (χ2n) is 5.29. The van der Waals surface area contributed by atoms with Gasteiger partial charge in [-0.1, -0.05) is 0 Å². The van der Waals surface area contributed by atoms with Crippen LogP contribution in [0, 0.1) is 18.6 Å². The fourth-order valence-electron chi connectivity index (χ4n) is 2.26. The minimum Gasteiger partial charge on any atom is -0.373 e. The average Bonchev–Trinajstić information content (AvgIpc) is 2.49. The molecule has 118 valence electrons. The minimum absolute atomic E-state index is 0.0361. The van der Waals surface area contributed by atoms with Crippen molar-refractivity contribution in [2.24, 2.45) is 0 Å². The number of nitrogens with one attached hydrogen (secondary N) is 1. The van der Waals surface area contributed by atoms with E-state index in [1.165, 1.54) is 6.07 Å². The van der Waals surface area contributed by atoms with E-state index in [1.807, 2.05) is 6.92 Å². The van der Waals surface area contributed by atoms with Crippen molar-refractivity contribution in [3.63, 3.8) is 0 Å². The maximum absolute atomic E-state index is 13.9. The highest BCUT2D eigenvalue weighted by Crippen LogP contribution is 2.27. The summed E-state index contributed by atoms with van der Waals surface area (Å²) in [7, 11) is 1.71. The number of benzene rings is 1. The van der Waals surface area contributed by atoms with Crippen LogP contribution in [0.4, 0.5) is 14.5 Å². The molecule has 1 N–H and O–H groups in total. The molecule has 0 spiro atoms. The van der Waals surface area contributed by atoms with Crippen LogP contribution in [-0.2, 0) is 4.79 Å².